The largest absolute Gasteiger partial charge is 0.452 e. The molecule has 0 amide bonds. The van der Waals surface area contributed by atoms with Crippen LogP contribution in [0.2, 0.25) is 0 Å². The molecule has 0 fully saturated rings. The highest BCUT2D eigenvalue weighted by Crippen LogP contribution is 2.40. The Balaban J connectivity index is 4.02. The molecule has 6 nitrogen and oxygen atoms in total. The highest BCUT2D eigenvalue weighted by Gasteiger charge is 2.22. The molecule has 0 rings (SSSR count). The zero-order chi connectivity index (χ0) is 11.9. The Morgan fingerprint density at radius 2 is 1.47 bits per heavy atom. The molecular formula is C8H11O6P. The third-order valence-electron chi connectivity index (χ3n) is 1.15. The summed E-state index contributed by atoms with van der Waals surface area (Å²) in [6, 6.07) is 0. The summed E-state index contributed by atoms with van der Waals surface area (Å²) in [6.07, 6.45) is 0.274. The van der Waals surface area contributed by atoms with E-state index in [4.69, 9.17) is 4.89 Å². The lowest BCUT2D eigenvalue weighted by molar-refractivity contribution is -0.136. The van der Waals surface area contributed by atoms with Crippen molar-refractivity contribution in [2.24, 2.45) is 0 Å². The minimum atomic E-state index is -3.81. The average Bonchev–Trinajstić information content (AvgIpc) is 2.22. The molecule has 0 spiro atoms. The predicted octanol–water partition coefficient (Wildman–Crippen LogP) is 0.630. The first-order valence-electron chi connectivity index (χ1n) is 3.80. The van der Waals surface area contributed by atoms with Gasteiger partial charge in [0.25, 0.3) is 7.37 Å². The number of carbonyl (C=O) groups is 2. The van der Waals surface area contributed by atoms with Crippen molar-refractivity contribution in [1.82, 2.24) is 0 Å². The third-order valence-corrected chi connectivity index (χ3v) is 2.22. The number of ether oxygens (including phenoxy) is 2. The summed E-state index contributed by atoms with van der Waals surface area (Å²) in [5.41, 5.74) is 0. The lowest BCUT2D eigenvalue weighted by Gasteiger charge is -2.10. The molecule has 0 unspecified atom stereocenters. The summed E-state index contributed by atoms with van der Waals surface area (Å²) in [4.78, 5) is 30.2. The van der Waals surface area contributed by atoms with Crippen LogP contribution < -0.4 is 0 Å². The van der Waals surface area contributed by atoms with Gasteiger partial charge in [-0.05, 0) is 0 Å². The van der Waals surface area contributed by atoms with Gasteiger partial charge in [-0.3, -0.25) is 4.57 Å². The Kier molecular flexibility index (Phi) is 5.59. The molecule has 0 radical (unpaired) electrons. The quantitative estimate of drug-likeness (QED) is 0.412. The van der Waals surface area contributed by atoms with E-state index in [9.17, 15) is 14.2 Å². The van der Waals surface area contributed by atoms with E-state index in [0.717, 1.165) is 12.2 Å². The van der Waals surface area contributed by atoms with Crippen LogP contribution in [0, 0.1) is 0 Å². The third kappa shape index (κ3) is 6.65. The zero-order valence-corrected chi connectivity index (χ0v) is 8.81. The molecule has 0 heterocycles. The molecule has 0 bridgehead atoms. The fourth-order valence-corrected chi connectivity index (χ4v) is 1.22. The van der Waals surface area contributed by atoms with Crippen molar-refractivity contribution < 1.29 is 28.5 Å². The maximum atomic E-state index is 11.2. The molecule has 0 aliphatic rings. The number of esters is 2. The second-order valence-corrected chi connectivity index (χ2v) is 4.65. The van der Waals surface area contributed by atoms with E-state index in [2.05, 4.69) is 22.6 Å². The van der Waals surface area contributed by atoms with E-state index in [1.807, 2.05) is 0 Å². The van der Waals surface area contributed by atoms with Gasteiger partial charge in [0.1, 0.15) is 0 Å². The van der Waals surface area contributed by atoms with Crippen LogP contribution in [0.25, 0.3) is 0 Å². The topological polar surface area (TPSA) is 89.9 Å². The maximum Gasteiger partial charge on any atom is 0.330 e. The van der Waals surface area contributed by atoms with E-state index in [-0.39, 0.29) is 0 Å². The van der Waals surface area contributed by atoms with Gasteiger partial charge in [0, 0.05) is 12.2 Å². The molecule has 15 heavy (non-hydrogen) atoms. The van der Waals surface area contributed by atoms with Crippen LogP contribution in [-0.2, 0) is 23.6 Å². The highest BCUT2D eigenvalue weighted by molar-refractivity contribution is 7.57. The van der Waals surface area contributed by atoms with Crippen LogP contribution >= 0.6 is 7.37 Å². The van der Waals surface area contributed by atoms with Crippen molar-refractivity contribution in [1.29, 1.82) is 0 Å². The van der Waals surface area contributed by atoms with E-state index in [1.165, 1.54) is 0 Å². The molecule has 0 saturated heterocycles. The first-order chi connectivity index (χ1) is 6.91. The fraction of sp³-hybridized carbons (Fsp3) is 0.250. The second-order valence-electron chi connectivity index (χ2n) is 2.44. The Bertz CT molecular complexity index is 293. The number of carbonyl (C=O) groups excluding carboxylic acids is 2. The van der Waals surface area contributed by atoms with Crippen LogP contribution in [0.15, 0.2) is 25.3 Å². The van der Waals surface area contributed by atoms with Crippen LogP contribution in [0.4, 0.5) is 0 Å². The van der Waals surface area contributed by atoms with E-state index in [1.54, 1.807) is 0 Å². The van der Waals surface area contributed by atoms with Crippen LogP contribution in [0.5, 0.6) is 0 Å². The molecule has 0 aromatic heterocycles. The molecule has 0 aliphatic heterocycles. The summed E-state index contributed by atoms with van der Waals surface area (Å²) >= 11 is 0. The van der Waals surface area contributed by atoms with Crippen molar-refractivity contribution in [3.8, 4) is 0 Å². The van der Waals surface area contributed by atoms with Crippen LogP contribution in [0.3, 0.4) is 0 Å². The molecule has 1 N–H and O–H groups in total. The Hall–Kier alpha value is -1.39. The molecular weight excluding hydrogens is 223 g/mol. The molecule has 84 valence electrons. The van der Waals surface area contributed by atoms with E-state index >= 15 is 0 Å². The van der Waals surface area contributed by atoms with Crippen LogP contribution in [-0.4, -0.2) is 29.5 Å². The number of hydrogen-bond donors (Lipinski definition) is 1. The summed E-state index contributed by atoms with van der Waals surface area (Å²) in [7, 11) is -3.81. The fourth-order valence-electron chi connectivity index (χ4n) is 0.484. The number of rotatable bonds is 6. The Labute approximate surface area is 86.6 Å². The highest BCUT2D eigenvalue weighted by atomic mass is 31.2. The van der Waals surface area contributed by atoms with Crippen molar-refractivity contribution >= 4 is 19.3 Å². The van der Waals surface area contributed by atoms with Crippen molar-refractivity contribution in [3.63, 3.8) is 0 Å². The van der Waals surface area contributed by atoms with Gasteiger partial charge in [-0.1, -0.05) is 13.2 Å². The Morgan fingerprint density at radius 3 is 1.73 bits per heavy atom. The Morgan fingerprint density at radius 1 is 1.13 bits per heavy atom. The van der Waals surface area contributed by atoms with Crippen molar-refractivity contribution in [2.45, 2.75) is 0 Å². The molecule has 0 atom stereocenters. The van der Waals surface area contributed by atoms with Crippen LogP contribution in [0.1, 0.15) is 0 Å². The van der Waals surface area contributed by atoms with Gasteiger partial charge in [0.05, 0.1) is 0 Å². The monoisotopic (exact) mass is 234 g/mol. The lowest BCUT2D eigenvalue weighted by Crippen LogP contribution is -2.08. The summed E-state index contributed by atoms with van der Waals surface area (Å²) in [5.74, 6) is -1.64. The van der Waals surface area contributed by atoms with E-state index < -0.39 is 32.0 Å². The molecule has 0 saturated carbocycles. The zero-order valence-electron chi connectivity index (χ0n) is 7.92. The van der Waals surface area contributed by atoms with Crippen molar-refractivity contribution in [3.05, 3.63) is 25.3 Å². The van der Waals surface area contributed by atoms with Gasteiger partial charge in [-0.15, -0.1) is 0 Å². The summed E-state index contributed by atoms with van der Waals surface area (Å²) in [5, 5.41) is 0. The number of hydrogen-bond acceptors (Lipinski definition) is 5. The van der Waals surface area contributed by atoms with Gasteiger partial charge in [0.2, 0.25) is 0 Å². The van der Waals surface area contributed by atoms with Crippen molar-refractivity contribution in [2.75, 3.05) is 12.7 Å². The molecule has 7 heteroatoms. The minimum Gasteiger partial charge on any atom is -0.452 e. The standard InChI is InChI=1S/C8H11O6P/c1-3-7(9)13-5-15(11,12)6-14-8(10)4-2/h3-4H,1-2,5-6H2,(H,11,12). The molecule has 0 aliphatic carbocycles. The lowest BCUT2D eigenvalue weighted by atomic mass is 10.7. The smallest absolute Gasteiger partial charge is 0.330 e. The minimum absolute atomic E-state index is 0.720. The van der Waals surface area contributed by atoms with Gasteiger partial charge in [-0.25, -0.2) is 9.59 Å². The van der Waals surface area contributed by atoms with E-state index in [0.29, 0.717) is 0 Å². The molecule has 0 aromatic rings. The van der Waals surface area contributed by atoms with Gasteiger partial charge >= 0.3 is 11.9 Å². The summed E-state index contributed by atoms with van der Waals surface area (Å²) < 4.78 is 19.9. The van der Waals surface area contributed by atoms with Gasteiger partial charge in [0.15, 0.2) is 12.7 Å². The second kappa shape index (κ2) is 6.16. The first-order valence-corrected chi connectivity index (χ1v) is 5.83. The molecule has 0 aromatic carbocycles. The summed E-state index contributed by atoms with van der Waals surface area (Å²) in [6.45, 7) is 6.21. The maximum absolute atomic E-state index is 11.2. The average molecular weight is 234 g/mol. The predicted molar refractivity (Wildman–Crippen MR) is 52.1 cm³/mol. The van der Waals surface area contributed by atoms with Gasteiger partial charge in [-0.2, -0.15) is 0 Å². The first kappa shape index (κ1) is 13.6. The van der Waals surface area contributed by atoms with Gasteiger partial charge < -0.3 is 14.4 Å². The SMILES string of the molecule is C=CC(=O)OCP(=O)(O)COC(=O)C=C. The normalized spacial score (nSPS) is 10.2.